The van der Waals surface area contributed by atoms with Gasteiger partial charge in [0.05, 0.1) is 13.2 Å². The van der Waals surface area contributed by atoms with Crippen molar-refractivity contribution < 1.29 is 23.8 Å². The Morgan fingerprint density at radius 2 is 1.74 bits per heavy atom. The molecule has 0 aromatic heterocycles. The van der Waals surface area contributed by atoms with E-state index in [-0.39, 0.29) is 26.4 Å². The second-order valence-corrected chi connectivity index (χ2v) is 9.02. The summed E-state index contributed by atoms with van der Waals surface area (Å²) in [6, 6.07) is 12.6. The van der Waals surface area contributed by atoms with E-state index in [0.717, 1.165) is 34.2 Å². The lowest BCUT2D eigenvalue weighted by Gasteiger charge is -2.18. The highest BCUT2D eigenvalue weighted by Gasteiger charge is 2.24. The lowest BCUT2D eigenvalue weighted by molar-refractivity contribution is -0.141. The molecule has 0 saturated heterocycles. The van der Waals surface area contributed by atoms with E-state index in [9.17, 15) is 19.1 Å². The predicted molar refractivity (Wildman–Crippen MR) is 140 cm³/mol. The van der Waals surface area contributed by atoms with Gasteiger partial charge in [-0.1, -0.05) is 82.3 Å². The molecule has 1 amide bonds. The fourth-order valence-corrected chi connectivity index (χ4v) is 4.17. The molecule has 7 heteroatoms. The van der Waals surface area contributed by atoms with Crippen LogP contribution in [-0.2, 0) is 33.8 Å². The van der Waals surface area contributed by atoms with Crippen molar-refractivity contribution in [3.8, 4) is 11.1 Å². The van der Waals surface area contributed by atoms with Crippen molar-refractivity contribution in [2.75, 3.05) is 13.3 Å². The van der Waals surface area contributed by atoms with Crippen LogP contribution in [0.5, 0.6) is 0 Å². The molecule has 0 fully saturated rings. The fraction of sp³-hybridized carbons (Fsp3) is 0.429. The Labute approximate surface area is 213 Å². The number of halogens is 2. The summed E-state index contributed by atoms with van der Waals surface area (Å²) in [6.45, 7) is 7.33. The minimum atomic E-state index is -1.11. The molecule has 0 saturated carbocycles. The average molecular weight is 506 g/mol. The van der Waals surface area contributed by atoms with Crippen LogP contribution in [0.25, 0.3) is 11.1 Å². The lowest BCUT2D eigenvalue weighted by atomic mass is 9.94. The first-order valence-electron chi connectivity index (χ1n) is 11.4. The van der Waals surface area contributed by atoms with E-state index >= 15 is 0 Å². The summed E-state index contributed by atoms with van der Waals surface area (Å²) >= 11 is 6.05. The summed E-state index contributed by atoms with van der Waals surface area (Å²) < 4.78 is 17.5. The molecule has 0 aliphatic heterocycles. The number of allylic oxidation sites excluding steroid dienone is 1. The minimum Gasteiger partial charge on any atom is -0.480 e. The monoisotopic (exact) mass is 505 g/mol. The fourth-order valence-electron chi connectivity index (χ4n) is 3.86. The Hall–Kier alpha value is -2.70. The molecule has 5 nitrogen and oxygen atoms in total. The van der Waals surface area contributed by atoms with E-state index in [2.05, 4.69) is 18.3 Å². The SMILES string of the molecule is C.CCc1cc(COCCF)ccc1-c1ccc(CC(NC(=O)/C(=C(/C)Cl)C(C)C)C(=O)O)cc1. The summed E-state index contributed by atoms with van der Waals surface area (Å²) in [6.07, 6.45) is 0.979. The van der Waals surface area contributed by atoms with Gasteiger partial charge in [0.1, 0.15) is 12.7 Å². The van der Waals surface area contributed by atoms with Crippen LogP contribution in [0.1, 0.15) is 51.8 Å². The van der Waals surface area contributed by atoms with Gasteiger partial charge >= 0.3 is 5.97 Å². The smallest absolute Gasteiger partial charge is 0.326 e. The van der Waals surface area contributed by atoms with Gasteiger partial charge in [0.15, 0.2) is 0 Å². The molecule has 0 bridgehead atoms. The molecule has 0 aliphatic carbocycles. The zero-order valence-corrected chi connectivity index (χ0v) is 20.9. The molecule has 35 heavy (non-hydrogen) atoms. The van der Waals surface area contributed by atoms with Crippen LogP contribution in [0.15, 0.2) is 53.1 Å². The van der Waals surface area contributed by atoms with Gasteiger partial charge in [-0.3, -0.25) is 4.79 Å². The number of aliphatic carboxylic acids is 1. The number of nitrogens with one attached hydrogen (secondary N) is 1. The van der Waals surface area contributed by atoms with E-state index in [1.807, 2.05) is 50.2 Å². The third kappa shape index (κ3) is 8.79. The number of benzene rings is 2. The molecule has 192 valence electrons. The number of carboxylic acids is 1. The number of carbonyl (C=O) groups excluding carboxylic acids is 1. The molecule has 1 unspecified atom stereocenters. The highest BCUT2D eigenvalue weighted by atomic mass is 35.5. The Morgan fingerprint density at radius 1 is 1.11 bits per heavy atom. The molecule has 2 aromatic rings. The number of carboxylic acid groups (broad SMARTS) is 1. The Kier molecular flexibility index (Phi) is 12.7. The zero-order chi connectivity index (χ0) is 25.3. The van der Waals surface area contributed by atoms with Crippen LogP contribution >= 0.6 is 11.6 Å². The first-order valence-corrected chi connectivity index (χ1v) is 11.8. The molecular formula is C28H37ClFNO4. The number of aryl methyl sites for hydroxylation is 1. The maximum atomic E-state index is 12.6. The summed E-state index contributed by atoms with van der Waals surface area (Å²) in [4.78, 5) is 24.4. The van der Waals surface area contributed by atoms with Gasteiger partial charge in [-0.15, -0.1) is 0 Å². The normalized spacial score (nSPS) is 12.5. The summed E-state index contributed by atoms with van der Waals surface area (Å²) in [5.74, 6) is -1.69. The van der Waals surface area contributed by atoms with Crippen molar-refractivity contribution >= 4 is 23.5 Å². The van der Waals surface area contributed by atoms with Crippen molar-refractivity contribution in [1.29, 1.82) is 0 Å². The zero-order valence-electron chi connectivity index (χ0n) is 20.2. The Morgan fingerprint density at radius 3 is 2.26 bits per heavy atom. The number of carbonyl (C=O) groups is 2. The Balaban J connectivity index is 0.00000612. The van der Waals surface area contributed by atoms with E-state index in [0.29, 0.717) is 17.2 Å². The number of ether oxygens (including phenoxy) is 1. The van der Waals surface area contributed by atoms with Crippen molar-refractivity contribution in [3.05, 3.63) is 69.8 Å². The lowest BCUT2D eigenvalue weighted by Crippen LogP contribution is -2.43. The van der Waals surface area contributed by atoms with Gasteiger partial charge in [-0.2, -0.15) is 0 Å². The van der Waals surface area contributed by atoms with Gasteiger partial charge in [-0.05, 0) is 47.1 Å². The molecule has 0 radical (unpaired) electrons. The second-order valence-electron chi connectivity index (χ2n) is 8.45. The van der Waals surface area contributed by atoms with Gasteiger partial charge < -0.3 is 15.2 Å². The molecular weight excluding hydrogens is 469 g/mol. The van der Waals surface area contributed by atoms with Crippen LogP contribution in [0.4, 0.5) is 4.39 Å². The quantitative estimate of drug-likeness (QED) is 0.261. The topological polar surface area (TPSA) is 75.6 Å². The van der Waals surface area contributed by atoms with Crippen LogP contribution in [0.2, 0.25) is 0 Å². The van der Waals surface area contributed by atoms with Gasteiger partial charge in [0.25, 0.3) is 0 Å². The standard InChI is InChI=1S/C27H33ClFNO4.CH4/c1-5-21-14-20(16-34-13-12-29)8-11-23(21)22-9-6-19(7-10-22)15-24(27(32)33)30-26(31)25(17(2)3)18(4)28;/h6-11,14,17,24H,5,12-13,15-16H2,1-4H3,(H,30,31)(H,32,33);1H4/b25-18-;. The van der Waals surface area contributed by atoms with Crippen molar-refractivity contribution in [3.63, 3.8) is 0 Å². The molecule has 0 aliphatic rings. The van der Waals surface area contributed by atoms with Crippen LogP contribution in [0.3, 0.4) is 0 Å². The van der Waals surface area contributed by atoms with Crippen molar-refractivity contribution in [2.45, 2.75) is 60.6 Å². The van der Waals surface area contributed by atoms with Crippen molar-refractivity contribution in [2.24, 2.45) is 5.92 Å². The third-order valence-corrected chi connectivity index (χ3v) is 5.75. The summed E-state index contributed by atoms with van der Waals surface area (Å²) in [7, 11) is 0. The molecule has 0 heterocycles. The van der Waals surface area contributed by atoms with Crippen LogP contribution < -0.4 is 5.32 Å². The van der Waals surface area contributed by atoms with E-state index < -0.39 is 24.6 Å². The van der Waals surface area contributed by atoms with Gasteiger partial charge in [0, 0.05) is 17.0 Å². The highest BCUT2D eigenvalue weighted by Crippen LogP contribution is 2.26. The highest BCUT2D eigenvalue weighted by molar-refractivity contribution is 6.31. The van der Waals surface area contributed by atoms with Crippen molar-refractivity contribution in [1.82, 2.24) is 5.32 Å². The Bertz CT molecular complexity index is 1010. The first kappa shape index (κ1) is 30.3. The van der Waals surface area contributed by atoms with Gasteiger partial charge in [0.2, 0.25) is 5.91 Å². The number of alkyl halides is 1. The maximum absolute atomic E-state index is 12.6. The summed E-state index contributed by atoms with van der Waals surface area (Å²) in [5.41, 5.74) is 5.41. The van der Waals surface area contributed by atoms with Gasteiger partial charge in [-0.25, -0.2) is 9.18 Å². The van der Waals surface area contributed by atoms with E-state index in [1.54, 1.807) is 6.92 Å². The minimum absolute atomic E-state index is 0. The number of hydrogen-bond donors (Lipinski definition) is 2. The number of amides is 1. The van der Waals surface area contributed by atoms with E-state index in [1.165, 1.54) is 0 Å². The third-order valence-electron chi connectivity index (χ3n) is 5.54. The van der Waals surface area contributed by atoms with Crippen LogP contribution in [-0.4, -0.2) is 36.3 Å². The predicted octanol–water partition coefficient (Wildman–Crippen LogP) is 6.32. The molecule has 1 atom stereocenters. The molecule has 2 N–H and O–H groups in total. The molecule has 2 aromatic carbocycles. The molecule has 0 spiro atoms. The largest absolute Gasteiger partial charge is 0.480 e. The first-order chi connectivity index (χ1) is 16.2. The molecule has 2 rings (SSSR count). The number of hydrogen-bond acceptors (Lipinski definition) is 3. The van der Waals surface area contributed by atoms with Crippen LogP contribution in [0, 0.1) is 5.92 Å². The second kappa shape index (κ2) is 14.6. The summed E-state index contributed by atoms with van der Waals surface area (Å²) in [5, 5.41) is 12.6. The number of rotatable bonds is 12. The maximum Gasteiger partial charge on any atom is 0.326 e. The van der Waals surface area contributed by atoms with E-state index in [4.69, 9.17) is 16.3 Å². The average Bonchev–Trinajstić information content (AvgIpc) is 2.78.